The molecule has 4 N–H and O–H groups in total. The smallest absolute Gasteiger partial charge is 0.339 e. The molecule has 13 nitrogen and oxygen atoms in total. The van der Waals surface area contributed by atoms with E-state index in [9.17, 15) is 30.0 Å². The molecule has 0 amide bonds. The molecular formula is C48H42O13. The number of hydrogen-bond donors (Lipinski definition) is 4. The van der Waals surface area contributed by atoms with Crippen LogP contribution < -0.4 is 9.47 Å². The van der Waals surface area contributed by atoms with E-state index in [1.54, 1.807) is 48.5 Å². The molecule has 2 aliphatic heterocycles. The molecule has 2 aliphatic rings. The molecule has 61 heavy (non-hydrogen) atoms. The fraction of sp³-hybridized carbons (Fsp3) is 0.208. The van der Waals surface area contributed by atoms with Crippen LogP contribution in [0, 0.1) is 0 Å². The second kappa shape index (κ2) is 18.5. The van der Waals surface area contributed by atoms with Gasteiger partial charge in [-0.05, 0) is 34.4 Å². The number of carbonyl (C=O) groups excluding carboxylic acids is 2. The van der Waals surface area contributed by atoms with E-state index < -0.39 is 99.7 Å². The van der Waals surface area contributed by atoms with Crippen molar-refractivity contribution in [1.29, 1.82) is 0 Å². The maximum Gasteiger partial charge on any atom is 0.339 e. The molecule has 13 heteroatoms. The summed E-state index contributed by atoms with van der Waals surface area (Å²) in [7, 11) is 0. The molecule has 0 aromatic heterocycles. The van der Waals surface area contributed by atoms with Gasteiger partial charge in [0, 0.05) is 11.1 Å². The van der Waals surface area contributed by atoms with Crippen molar-refractivity contribution in [2.24, 2.45) is 0 Å². The van der Waals surface area contributed by atoms with Crippen molar-refractivity contribution in [3.63, 3.8) is 0 Å². The molecule has 8 rings (SSSR count). The number of fused-ring (bicyclic) bond motifs is 4. The van der Waals surface area contributed by atoms with Gasteiger partial charge in [-0.1, -0.05) is 121 Å². The first kappa shape index (κ1) is 40.7. The summed E-state index contributed by atoms with van der Waals surface area (Å²) < 4.78 is 42.9. The van der Waals surface area contributed by atoms with Crippen molar-refractivity contribution in [3.8, 4) is 45.6 Å². The number of rotatable bonds is 12. The minimum Gasteiger partial charge on any atom is -0.504 e. The number of cyclic esters (lactones) is 1. The largest absolute Gasteiger partial charge is 0.504 e. The summed E-state index contributed by atoms with van der Waals surface area (Å²) in [5.74, 6) is -6.05. The Hall–Kier alpha value is -7.06. The van der Waals surface area contributed by atoms with E-state index in [4.69, 9.17) is 33.2 Å². The van der Waals surface area contributed by atoms with E-state index in [0.29, 0.717) is 11.1 Å². The molecule has 6 aromatic rings. The molecule has 0 saturated carbocycles. The quantitative estimate of drug-likeness (QED) is 0.0888. The number of ether oxygens (including phenoxy) is 7. The summed E-state index contributed by atoms with van der Waals surface area (Å²) in [4.78, 5) is 28.9. The van der Waals surface area contributed by atoms with Gasteiger partial charge < -0.3 is 53.6 Å². The number of phenolic OH excluding ortho intramolecular Hbond substituents is 4. The Morgan fingerprint density at radius 2 is 0.951 bits per heavy atom. The number of phenols is 4. The van der Waals surface area contributed by atoms with Gasteiger partial charge in [-0.25, -0.2) is 9.59 Å². The van der Waals surface area contributed by atoms with E-state index in [-0.39, 0.29) is 33.0 Å². The molecule has 0 aliphatic carbocycles. The molecule has 0 bridgehead atoms. The Morgan fingerprint density at radius 3 is 1.43 bits per heavy atom. The van der Waals surface area contributed by atoms with Crippen LogP contribution in [0.4, 0.5) is 0 Å². The minimum absolute atomic E-state index is 0.0386. The molecule has 0 spiro atoms. The number of carbonyl (C=O) groups is 2. The fourth-order valence-electron chi connectivity index (χ4n) is 7.27. The third kappa shape index (κ3) is 9.09. The number of hydrogen-bond acceptors (Lipinski definition) is 13. The van der Waals surface area contributed by atoms with Crippen LogP contribution >= 0.6 is 0 Å². The fourth-order valence-corrected chi connectivity index (χ4v) is 7.27. The number of benzene rings is 6. The lowest BCUT2D eigenvalue weighted by Crippen LogP contribution is -2.58. The van der Waals surface area contributed by atoms with Gasteiger partial charge in [-0.3, -0.25) is 0 Å². The van der Waals surface area contributed by atoms with E-state index in [2.05, 4.69) is 0 Å². The Balaban J connectivity index is 1.23. The van der Waals surface area contributed by atoms with Crippen molar-refractivity contribution in [2.45, 2.75) is 50.8 Å². The van der Waals surface area contributed by atoms with Crippen LogP contribution in [0.1, 0.15) is 43.0 Å². The average Bonchev–Trinajstić information content (AvgIpc) is 3.30. The van der Waals surface area contributed by atoms with Crippen LogP contribution in [0.3, 0.4) is 0 Å². The molecule has 0 radical (unpaired) electrons. The Morgan fingerprint density at radius 1 is 0.525 bits per heavy atom. The summed E-state index contributed by atoms with van der Waals surface area (Å²) in [6.07, 6.45) is -4.20. The first-order valence-electron chi connectivity index (χ1n) is 19.6. The number of esters is 2. The Kier molecular flexibility index (Phi) is 12.3. The van der Waals surface area contributed by atoms with E-state index in [1.165, 1.54) is 0 Å². The minimum atomic E-state index is -1.29. The van der Waals surface area contributed by atoms with Gasteiger partial charge in [-0.15, -0.1) is 0 Å². The summed E-state index contributed by atoms with van der Waals surface area (Å²) in [6.45, 7) is -0.501. The predicted molar refractivity (Wildman–Crippen MR) is 219 cm³/mol. The monoisotopic (exact) mass is 826 g/mol. The third-order valence-corrected chi connectivity index (χ3v) is 10.4. The van der Waals surface area contributed by atoms with Crippen LogP contribution in [0.2, 0.25) is 0 Å². The highest BCUT2D eigenvalue weighted by Crippen LogP contribution is 2.54. The first-order chi connectivity index (χ1) is 29.7. The number of aromatic hydroxyl groups is 4. The van der Waals surface area contributed by atoms with E-state index in [0.717, 1.165) is 23.3 Å². The molecule has 2 heterocycles. The topological polar surface area (TPSA) is 180 Å². The molecule has 1 saturated heterocycles. The normalized spacial score (nSPS) is 18.6. The van der Waals surface area contributed by atoms with Crippen molar-refractivity contribution in [1.82, 2.24) is 0 Å². The Bertz CT molecular complexity index is 2460. The lowest BCUT2D eigenvalue weighted by atomic mass is 9.91. The maximum absolute atomic E-state index is 14.7. The highest BCUT2D eigenvalue weighted by atomic mass is 16.6. The highest BCUT2D eigenvalue weighted by Gasteiger charge is 2.47. The van der Waals surface area contributed by atoms with Gasteiger partial charge in [0.15, 0.2) is 29.1 Å². The summed E-state index contributed by atoms with van der Waals surface area (Å²) in [5, 5.41) is 46.7. The maximum atomic E-state index is 14.7. The molecule has 6 aromatic carbocycles. The first-order valence-corrected chi connectivity index (χ1v) is 19.6. The zero-order valence-corrected chi connectivity index (χ0v) is 32.7. The summed E-state index contributed by atoms with van der Waals surface area (Å²) in [6, 6.07) is 38.6. The van der Waals surface area contributed by atoms with E-state index in [1.807, 2.05) is 72.8 Å². The van der Waals surface area contributed by atoms with Gasteiger partial charge in [-0.2, -0.15) is 0 Å². The van der Waals surface area contributed by atoms with Crippen LogP contribution in [-0.4, -0.2) is 70.0 Å². The third-order valence-electron chi connectivity index (χ3n) is 10.4. The Labute approximate surface area is 350 Å². The van der Waals surface area contributed by atoms with Gasteiger partial charge in [0.05, 0.1) is 30.9 Å². The van der Waals surface area contributed by atoms with E-state index >= 15 is 0 Å². The van der Waals surface area contributed by atoms with Gasteiger partial charge in [0.2, 0.25) is 11.5 Å². The van der Waals surface area contributed by atoms with Gasteiger partial charge in [0.1, 0.15) is 38.1 Å². The standard InChI is InChI=1S/C48H42O13/c49-35-21-33-39(41(51)43(35)57-24-30-15-7-2-8-16-30)40-34(22-36(50)44(42(40)52)58-25-31-17-9-3-10-18-31)48(54)61-46-38(28-60-47(33)53)56-27-37(55-23-29-13-5-1-6-14-29)45(46)59-26-32-19-11-4-12-20-32/h1-22,37-38,45-46,49-52H,23-28H2/t37-,38-,45+,46-/m1/s1. The zero-order chi connectivity index (χ0) is 42.3. The predicted octanol–water partition coefficient (Wildman–Crippen LogP) is 7.60. The van der Waals surface area contributed by atoms with Crippen LogP contribution in [0.25, 0.3) is 11.1 Å². The van der Waals surface area contributed by atoms with Crippen molar-refractivity contribution in [3.05, 3.63) is 167 Å². The highest BCUT2D eigenvalue weighted by molar-refractivity contribution is 6.08. The van der Waals surface area contributed by atoms with Crippen molar-refractivity contribution in [2.75, 3.05) is 13.2 Å². The van der Waals surface area contributed by atoms with Gasteiger partial charge >= 0.3 is 11.9 Å². The molecule has 0 unspecified atom stereocenters. The SMILES string of the molecule is O=C1OC[C@H]2OC[C@@H](OCc3ccccc3)[C@H](OCc3ccccc3)[C@@H]2OC(=O)c2cc(O)c(OCc3ccccc3)c(O)c2-c2c1cc(O)c(OCc1ccccc1)c2O. The molecular weight excluding hydrogens is 785 g/mol. The summed E-state index contributed by atoms with van der Waals surface area (Å²) >= 11 is 0. The van der Waals surface area contributed by atoms with Crippen LogP contribution in [0.5, 0.6) is 34.5 Å². The van der Waals surface area contributed by atoms with Crippen molar-refractivity contribution < 1.29 is 63.2 Å². The lowest BCUT2D eigenvalue weighted by Gasteiger charge is -2.41. The van der Waals surface area contributed by atoms with Gasteiger partial charge in [0.25, 0.3) is 0 Å². The second-order valence-electron chi connectivity index (χ2n) is 14.5. The van der Waals surface area contributed by atoms with Crippen LogP contribution in [-0.2, 0) is 50.1 Å². The molecule has 4 atom stereocenters. The molecule has 1 fully saturated rings. The van der Waals surface area contributed by atoms with Crippen molar-refractivity contribution >= 4 is 11.9 Å². The molecule has 312 valence electrons. The zero-order valence-electron chi connectivity index (χ0n) is 32.7. The lowest BCUT2D eigenvalue weighted by molar-refractivity contribution is -0.228. The summed E-state index contributed by atoms with van der Waals surface area (Å²) in [5.41, 5.74) is 1.17. The average molecular weight is 827 g/mol. The van der Waals surface area contributed by atoms with Crippen LogP contribution in [0.15, 0.2) is 133 Å². The second-order valence-corrected chi connectivity index (χ2v) is 14.5.